The molecule has 25 heavy (non-hydrogen) atoms. The second-order valence-corrected chi connectivity index (χ2v) is 5.56. The van der Waals surface area contributed by atoms with Crippen molar-refractivity contribution >= 4 is 12.1 Å². The number of hydrogen-bond donors (Lipinski definition) is 1. The molecule has 3 rings (SSSR count). The molecule has 2 aromatic heterocycles. The molecule has 0 aliphatic heterocycles. The Bertz CT molecular complexity index is 939. The second kappa shape index (κ2) is 6.72. The lowest BCUT2D eigenvalue weighted by Gasteiger charge is -2.04. The van der Waals surface area contributed by atoms with Crippen LogP contribution in [0.2, 0.25) is 0 Å². The van der Waals surface area contributed by atoms with Crippen molar-refractivity contribution in [2.24, 2.45) is 5.10 Å². The predicted octanol–water partition coefficient (Wildman–Crippen LogP) is 3.29. The zero-order valence-electron chi connectivity index (χ0n) is 14.1. The van der Waals surface area contributed by atoms with Crippen molar-refractivity contribution in [3.63, 3.8) is 0 Å². The van der Waals surface area contributed by atoms with Crippen LogP contribution < -0.4 is 5.43 Å². The van der Waals surface area contributed by atoms with Crippen LogP contribution in [0.15, 0.2) is 46.1 Å². The molecular formula is C18H17FN4O2. The molecule has 0 bridgehead atoms. The largest absolute Gasteiger partial charge is 0.469 e. The molecule has 0 saturated heterocycles. The van der Waals surface area contributed by atoms with Gasteiger partial charge in [-0.25, -0.2) is 14.5 Å². The summed E-state index contributed by atoms with van der Waals surface area (Å²) in [6.45, 7) is 5.43. The van der Waals surface area contributed by atoms with Crippen molar-refractivity contribution in [3.05, 3.63) is 70.7 Å². The van der Waals surface area contributed by atoms with E-state index in [9.17, 15) is 9.18 Å². The fraction of sp³-hybridized carbons (Fsp3) is 0.167. The first-order valence-electron chi connectivity index (χ1n) is 7.67. The molecule has 0 fully saturated rings. The van der Waals surface area contributed by atoms with Gasteiger partial charge in [-0.05, 0) is 51.1 Å². The minimum atomic E-state index is -0.344. The number of nitrogens with one attached hydrogen (secondary N) is 1. The Morgan fingerprint density at radius 1 is 1.24 bits per heavy atom. The number of aromatic nitrogens is 2. The van der Waals surface area contributed by atoms with E-state index >= 15 is 0 Å². The van der Waals surface area contributed by atoms with Gasteiger partial charge in [-0.1, -0.05) is 0 Å². The van der Waals surface area contributed by atoms with E-state index in [0.717, 1.165) is 22.6 Å². The molecule has 1 amide bonds. The first-order chi connectivity index (χ1) is 12.0. The molecule has 3 aromatic rings. The predicted molar refractivity (Wildman–Crippen MR) is 91.5 cm³/mol. The normalized spacial score (nSPS) is 11.2. The van der Waals surface area contributed by atoms with Gasteiger partial charge in [-0.15, -0.1) is 0 Å². The number of furan rings is 1. The smallest absolute Gasteiger partial charge is 0.274 e. The van der Waals surface area contributed by atoms with Gasteiger partial charge < -0.3 is 4.42 Å². The van der Waals surface area contributed by atoms with E-state index in [1.54, 1.807) is 36.0 Å². The summed E-state index contributed by atoms with van der Waals surface area (Å²) < 4.78 is 19.9. The van der Waals surface area contributed by atoms with Crippen molar-refractivity contribution in [2.75, 3.05) is 0 Å². The van der Waals surface area contributed by atoms with E-state index in [4.69, 9.17) is 4.42 Å². The van der Waals surface area contributed by atoms with Gasteiger partial charge in [0, 0.05) is 5.56 Å². The maximum atomic E-state index is 13.1. The van der Waals surface area contributed by atoms with Gasteiger partial charge >= 0.3 is 0 Å². The molecule has 1 N–H and O–H groups in total. The summed E-state index contributed by atoms with van der Waals surface area (Å²) in [5.41, 5.74) is 6.03. The third kappa shape index (κ3) is 3.35. The van der Waals surface area contributed by atoms with Crippen molar-refractivity contribution < 1.29 is 13.6 Å². The van der Waals surface area contributed by atoms with Crippen molar-refractivity contribution in [3.8, 4) is 5.69 Å². The molecule has 0 spiro atoms. The summed E-state index contributed by atoms with van der Waals surface area (Å²) in [6, 6.07) is 7.65. The van der Waals surface area contributed by atoms with E-state index in [-0.39, 0.29) is 11.7 Å². The maximum Gasteiger partial charge on any atom is 0.274 e. The summed E-state index contributed by atoms with van der Waals surface area (Å²) in [5, 5.41) is 8.45. The Kier molecular flexibility index (Phi) is 4.47. The molecular weight excluding hydrogens is 323 g/mol. The number of hydrogen-bond acceptors (Lipinski definition) is 4. The summed E-state index contributed by atoms with van der Waals surface area (Å²) in [4.78, 5) is 12.0. The number of amides is 1. The summed E-state index contributed by atoms with van der Waals surface area (Å²) in [7, 11) is 0. The molecule has 128 valence electrons. The van der Waals surface area contributed by atoms with Gasteiger partial charge in [0.15, 0.2) is 0 Å². The Labute approximate surface area is 144 Å². The average molecular weight is 340 g/mol. The number of hydrazone groups is 1. The van der Waals surface area contributed by atoms with Gasteiger partial charge in [0.25, 0.3) is 5.91 Å². The number of rotatable bonds is 4. The van der Waals surface area contributed by atoms with E-state index in [1.807, 2.05) is 13.8 Å². The van der Waals surface area contributed by atoms with Gasteiger partial charge in [-0.3, -0.25) is 4.79 Å². The maximum absolute atomic E-state index is 13.1. The number of aryl methyl sites for hydroxylation is 2. The number of nitrogens with zero attached hydrogens (tertiary/aromatic N) is 3. The summed E-state index contributed by atoms with van der Waals surface area (Å²) >= 11 is 0. The Hall–Kier alpha value is -3.22. The quantitative estimate of drug-likeness (QED) is 0.585. The molecule has 0 aliphatic carbocycles. The standard InChI is InChI=1S/C18H17FN4O2/c1-11-17(10-20-21-18(24)16-8-9-25-13(16)3)12(2)23(22-11)15-6-4-14(19)5-7-15/h4-10H,1-3H3,(H,21,24)/b20-10-. The van der Waals surface area contributed by atoms with E-state index in [0.29, 0.717) is 11.3 Å². The molecule has 1 aromatic carbocycles. The van der Waals surface area contributed by atoms with Crippen LogP contribution in [-0.4, -0.2) is 21.9 Å². The SMILES string of the molecule is Cc1nn(-c2ccc(F)cc2)c(C)c1/C=N\NC(=O)c1ccoc1C. The van der Waals surface area contributed by atoms with Crippen LogP contribution in [0.5, 0.6) is 0 Å². The molecule has 6 nitrogen and oxygen atoms in total. The van der Waals surface area contributed by atoms with Crippen molar-refractivity contribution in [1.82, 2.24) is 15.2 Å². The fourth-order valence-electron chi connectivity index (χ4n) is 2.51. The highest BCUT2D eigenvalue weighted by molar-refractivity contribution is 5.95. The van der Waals surface area contributed by atoms with Crippen LogP contribution in [0.25, 0.3) is 5.69 Å². The molecule has 0 radical (unpaired) electrons. The molecule has 0 saturated carbocycles. The third-order valence-corrected chi connectivity index (χ3v) is 3.88. The van der Waals surface area contributed by atoms with Crippen LogP contribution in [0.1, 0.15) is 33.1 Å². The summed E-state index contributed by atoms with van der Waals surface area (Å²) in [5.74, 6) is -0.114. The van der Waals surface area contributed by atoms with Gasteiger partial charge in [-0.2, -0.15) is 10.2 Å². The minimum Gasteiger partial charge on any atom is -0.469 e. The number of halogens is 1. The Balaban J connectivity index is 1.80. The topological polar surface area (TPSA) is 72.4 Å². The van der Waals surface area contributed by atoms with Gasteiger partial charge in [0.05, 0.1) is 35.1 Å². The highest BCUT2D eigenvalue weighted by Gasteiger charge is 2.13. The van der Waals surface area contributed by atoms with Crippen LogP contribution in [0, 0.1) is 26.6 Å². The Morgan fingerprint density at radius 3 is 2.60 bits per heavy atom. The fourth-order valence-corrected chi connectivity index (χ4v) is 2.51. The van der Waals surface area contributed by atoms with Gasteiger partial charge in [0.2, 0.25) is 0 Å². The van der Waals surface area contributed by atoms with Crippen molar-refractivity contribution in [2.45, 2.75) is 20.8 Å². The first-order valence-corrected chi connectivity index (χ1v) is 7.67. The molecule has 2 heterocycles. The number of benzene rings is 1. The highest BCUT2D eigenvalue weighted by atomic mass is 19.1. The lowest BCUT2D eigenvalue weighted by Crippen LogP contribution is -2.17. The molecule has 0 unspecified atom stereocenters. The number of carbonyl (C=O) groups is 1. The van der Waals surface area contributed by atoms with Gasteiger partial charge in [0.1, 0.15) is 11.6 Å². The first kappa shape index (κ1) is 16.6. The van der Waals surface area contributed by atoms with Crippen LogP contribution in [-0.2, 0) is 0 Å². The Morgan fingerprint density at radius 2 is 1.96 bits per heavy atom. The second-order valence-electron chi connectivity index (χ2n) is 5.56. The molecule has 0 atom stereocenters. The van der Waals surface area contributed by atoms with Crippen LogP contribution in [0.4, 0.5) is 4.39 Å². The monoisotopic (exact) mass is 340 g/mol. The van der Waals surface area contributed by atoms with E-state index < -0.39 is 0 Å². The molecule has 0 aliphatic rings. The highest BCUT2D eigenvalue weighted by Crippen LogP contribution is 2.17. The van der Waals surface area contributed by atoms with Crippen LogP contribution >= 0.6 is 0 Å². The van der Waals surface area contributed by atoms with E-state index in [1.165, 1.54) is 18.4 Å². The van der Waals surface area contributed by atoms with E-state index in [2.05, 4.69) is 15.6 Å². The number of carbonyl (C=O) groups excluding carboxylic acids is 1. The average Bonchev–Trinajstić information content (AvgIpc) is 3.13. The lowest BCUT2D eigenvalue weighted by atomic mass is 10.2. The lowest BCUT2D eigenvalue weighted by molar-refractivity contribution is 0.0953. The van der Waals surface area contributed by atoms with Crippen LogP contribution in [0.3, 0.4) is 0 Å². The summed E-state index contributed by atoms with van der Waals surface area (Å²) in [6.07, 6.45) is 3.00. The molecule has 7 heteroatoms. The minimum absolute atomic E-state index is 0.302. The third-order valence-electron chi connectivity index (χ3n) is 3.88. The zero-order chi connectivity index (χ0) is 18.0. The van der Waals surface area contributed by atoms with Crippen molar-refractivity contribution in [1.29, 1.82) is 0 Å². The zero-order valence-corrected chi connectivity index (χ0v) is 14.1.